The van der Waals surface area contributed by atoms with Crippen LogP contribution in [0.1, 0.15) is 88.2 Å². The van der Waals surface area contributed by atoms with E-state index in [0.717, 1.165) is 22.6 Å². The van der Waals surface area contributed by atoms with E-state index in [0.29, 0.717) is 17.3 Å². The molecule has 0 saturated heterocycles. The van der Waals surface area contributed by atoms with Crippen molar-refractivity contribution in [3.05, 3.63) is 72.1 Å². The first-order chi connectivity index (χ1) is 16.3. The van der Waals surface area contributed by atoms with E-state index in [1.54, 1.807) is 12.1 Å². The summed E-state index contributed by atoms with van der Waals surface area (Å²) in [6.07, 6.45) is 17.7. The fraction of sp³-hybridized carbons (Fsp3) is 0.433. The topological polar surface area (TPSA) is 49.6 Å². The van der Waals surface area contributed by atoms with Gasteiger partial charge in [-0.15, -0.1) is 0 Å². The van der Waals surface area contributed by atoms with Crippen molar-refractivity contribution in [1.82, 2.24) is 9.97 Å². The van der Waals surface area contributed by atoms with Crippen molar-refractivity contribution in [2.45, 2.75) is 77.0 Å². The van der Waals surface area contributed by atoms with Crippen molar-refractivity contribution in [1.29, 1.82) is 5.26 Å². The van der Waals surface area contributed by atoms with Crippen LogP contribution in [0.4, 0.5) is 0 Å². The lowest BCUT2D eigenvalue weighted by atomic mass is 9.77. The molecule has 1 aliphatic carbocycles. The van der Waals surface area contributed by atoms with Gasteiger partial charge in [0.25, 0.3) is 0 Å². The third kappa shape index (κ3) is 6.29. The highest BCUT2D eigenvalue weighted by molar-refractivity contribution is 5.64. The Balaban J connectivity index is 1.30. The average Bonchev–Trinajstić information content (AvgIpc) is 2.89. The minimum Gasteiger partial charge on any atom is -0.236 e. The number of unbranched alkanes of at least 4 members (excludes halogenated alkanes) is 4. The van der Waals surface area contributed by atoms with Crippen LogP contribution in [-0.4, -0.2) is 9.97 Å². The van der Waals surface area contributed by atoms with Gasteiger partial charge in [-0.1, -0.05) is 69.7 Å². The van der Waals surface area contributed by atoms with Crippen LogP contribution >= 0.6 is 0 Å². The third-order valence-corrected chi connectivity index (χ3v) is 7.20. The highest BCUT2D eigenvalue weighted by atomic mass is 14.9. The minimum absolute atomic E-state index is 0.645. The number of hydrogen-bond acceptors (Lipinski definition) is 3. The van der Waals surface area contributed by atoms with Gasteiger partial charge < -0.3 is 0 Å². The zero-order chi connectivity index (χ0) is 22.9. The minimum atomic E-state index is 0.645. The first kappa shape index (κ1) is 23.2. The molecule has 33 heavy (non-hydrogen) atoms. The van der Waals surface area contributed by atoms with Crippen LogP contribution in [0.15, 0.2) is 60.9 Å². The summed E-state index contributed by atoms with van der Waals surface area (Å²) in [5, 5.41) is 8.95. The van der Waals surface area contributed by atoms with E-state index in [4.69, 9.17) is 5.26 Å². The summed E-state index contributed by atoms with van der Waals surface area (Å²) in [4.78, 5) is 9.10. The molecule has 0 N–H and O–H groups in total. The second-order valence-electron chi connectivity index (χ2n) is 9.53. The number of hydrogen-bond donors (Lipinski definition) is 0. The number of rotatable bonds is 9. The van der Waals surface area contributed by atoms with Crippen LogP contribution in [0.25, 0.3) is 22.5 Å². The molecule has 4 rings (SSSR count). The Bertz CT molecular complexity index is 1020. The molecule has 0 aliphatic heterocycles. The van der Waals surface area contributed by atoms with Crippen molar-refractivity contribution >= 4 is 0 Å². The van der Waals surface area contributed by atoms with E-state index in [1.807, 2.05) is 24.5 Å². The van der Waals surface area contributed by atoms with Gasteiger partial charge in [0.15, 0.2) is 5.82 Å². The Morgan fingerprint density at radius 1 is 0.758 bits per heavy atom. The smallest absolute Gasteiger partial charge is 0.159 e. The largest absolute Gasteiger partial charge is 0.236 e. The lowest BCUT2D eigenvalue weighted by molar-refractivity contribution is 0.302. The summed E-state index contributed by atoms with van der Waals surface area (Å²) in [5.74, 6) is 2.35. The van der Waals surface area contributed by atoms with Crippen LogP contribution in [0.2, 0.25) is 0 Å². The van der Waals surface area contributed by atoms with Crippen LogP contribution in [0.3, 0.4) is 0 Å². The molecule has 0 atom stereocenters. The van der Waals surface area contributed by atoms with E-state index in [2.05, 4.69) is 47.2 Å². The van der Waals surface area contributed by atoms with Gasteiger partial charge in [-0.25, -0.2) is 9.97 Å². The Morgan fingerprint density at radius 2 is 1.39 bits per heavy atom. The van der Waals surface area contributed by atoms with Crippen molar-refractivity contribution in [2.24, 2.45) is 5.92 Å². The maximum Gasteiger partial charge on any atom is 0.159 e. The van der Waals surface area contributed by atoms with Gasteiger partial charge in [0.2, 0.25) is 0 Å². The van der Waals surface area contributed by atoms with E-state index in [1.165, 1.54) is 69.8 Å². The maximum absolute atomic E-state index is 8.95. The molecule has 1 aromatic heterocycles. The molecule has 1 saturated carbocycles. The van der Waals surface area contributed by atoms with Crippen LogP contribution in [0.5, 0.6) is 0 Å². The van der Waals surface area contributed by atoms with Crippen molar-refractivity contribution in [3.8, 4) is 28.6 Å². The van der Waals surface area contributed by atoms with Gasteiger partial charge in [0.05, 0.1) is 11.6 Å². The summed E-state index contributed by atoms with van der Waals surface area (Å²) in [6.45, 7) is 2.29. The van der Waals surface area contributed by atoms with E-state index in [-0.39, 0.29) is 0 Å². The molecule has 3 aromatic rings. The molecule has 0 amide bonds. The van der Waals surface area contributed by atoms with E-state index in [9.17, 15) is 0 Å². The number of benzene rings is 2. The molecule has 3 nitrogen and oxygen atoms in total. The second-order valence-corrected chi connectivity index (χ2v) is 9.53. The van der Waals surface area contributed by atoms with Gasteiger partial charge in [0.1, 0.15) is 0 Å². The molecule has 1 aliphatic rings. The molecule has 0 radical (unpaired) electrons. The number of nitriles is 1. The number of nitrogens with zero attached hydrogens (tertiary/aromatic N) is 3. The van der Waals surface area contributed by atoms with Gasteiger partial charge in [-0.3, -0.25) is 0 Å². The molecule has 0 bridgehead atoms. The predicted octanol–water partition coefficient (Wildman–Crippen LogP) is 8.32. The monoisotopic (exact) mass is 437 g/mol. The summed E-state index contributed by atoms with van der Waals surface area (Å²) in [6, 6.07) is 18.6. The first-order valence-electron chi connectivity index (χ1n) is 12.7. The van der Waals surface area contributed by atoms with E-state index >= 15 is 0 Å². The zero-order valence-electron chi connectivity index (χ0n) is 19.8. The Kier molecular flexibility index (Phi) is 8.25. The van der Waals surface area contributed by atoms with Crippen molar-refractivity contribution < 1.29 is 0 Å². The SMILES string of the molecule is CCCCCCCC1CCC(c2ccc(-c3cnc(-c4ccc(C#N)cc4)nc3)cc2)CC1. The summed E-state index contributed by atoms with van der Waals surface area (Å²) in [5.41, 5.74) is 5.24. The molecular weight excluding hydrogens is 402 g/mol. The van der Waals surface area contributed by atoms with Gasteiger partial charge in [-0.05, 0) is 72.9 Å². The quantitative estimate of drug-likeness (QED) is 0.316. The summed E-state index contributed by atoms with van der Waals surface area (Å²) < 4.78 is 0. The summed E-state index contributed by atoms with van der Waals surface area (Å²) in [7, 11) is 0. The molecule has 2 aromatic carbocycles. The molecule has 1 fully saturated rings. The van der Waals surface area contributed by atoms with Gasteiger partial charge >= 0.3 is 0 Å². The Hall–Kier alpha value is -2.99. The van der Waals surface area contributed by atoms with Crippen LogP contribution < -0.4 is 0 Å². The van der Waals surface area contributed by atoms with Crippen LogP contribution in [-0.2, 0) is 0 Å². The molecule has 3 heteroatoms. The fourth-order valence-corrected chi connectivity index (χ4v) is 5.09. The van der Waals surface area contributed by atoms with Crippen molar-refractivity contribution in [3.63, 3.8) is 0 Å². The normalized spacial score (nSPS) is 18.1. The molecule has 0 spiro atoms. The Labute approximate surface area is 198 Å². The Morgan fingerprint density at radius 3 is 2.03 bits per heavy atom. The third-order valence-electron chi connectivity index (χ3n) is 7.20. The van der Waals surface area contributed by atoms with Crippen LogP contribution in [0, 0.1) is 17.2 Å². The lowest BCUT2D eigenvalue weighted by Gasteiger charge is -2.29. The van der Waals surface area contributed by atoms with Gasteiger partial charge in [0, 0.05) is 23.5 Å². The summed E-state index contributed by atoms with van der Waals surface area (Å²) >= 11 is 0. The standard InChI is InChI=1S/C30H35N3/c1-2-3-4-5-6-7-23-8-12-25(13-9-23)26-16-18-27(19-17-26)29-21-32-30(33-22-29)28-14-10-24(20-31)11-15-28/h10-11,14-19,21-23,25H,2-9,12-13H2,1H3. The van der Waals surface area contributed by atoms with E-state index < -0.39 is 0 Å². The molecule has 1 heterocycles. The predicted molar refractivity (Wildman–Crippen MR) is 136 cm³/mol. The first-order valence-corrected chi connectivity index (χ1v) is 12.7. The zero-order valence-corrected chi connectivity index (χ0v) is 19.8. The molecule has 170 valence electrons. The molecule has 0 unspecified atom stereocenters. The molecular formula is C30H35N3. The average molecular weight is 438 g/mol. The fourth-order valence-electron chi connectivity index (χ4n) is 5.09. The second kappa shape index (κ2) is 11.8. The number of aromatic nitrogens is 2. The highest BCUT2D eigenvalue weighted by Gasteiger charge is 2.22. The maximum atomic E-state index is 8.95. The van der Waals surface area contributed by atoms with Gasteiger partial charge in [-0.2, -0.15) is 5.26 Å². The lowest BCUT2D eigenvalue weighted by Crippen LogP contribution is -2.13. The van der Waals surface area contributed by atoms with Crippen molar-refractivity contribution in [2.75, 3.05) is 0 Å². The highest BCUT2D eigenvalue weighted by Crippen LogP contribution is 2.38.